The van der Waals surface area contributed by atoms with Gasteiger partial charge < -0.3 is 19.5 Å². The number of pyridine rings is 1. The van der Waals surface area contributed by atoms with E-state index in [1.54, 1.807) is 0 Å². The lowest BCUT2D eigenvalue weighted by Crippen LogP contribution is -2.24. The average Bonchev–Trinajstić information content (AvgIpc) is 2.79. The third-order valence-electron chi connectivity index (χ3n) is 2.80. The fourth-order valence-electron chi connectivity index (χ4n) is 1.80. The van der Waals surface area contributed by atoms with Crippen LogP contribution in [0.3, 0.4) is 0 Å². The molecule has 0 saturated carbocycles. The number of hydrogen-bond donors (Lipinski definition) is 3. The van der Waals surface area contributed by atoms with Crippen LogP contribution in [0.5, 0.6) is 0 Å². The van der Waals surface area contributed by atoms with Gasteiger partial charge in [-0.1, -0.05) is 0 Å². The summed E-state index contributed by atoms with van der Waals surface area (Å²) in [6.07, 6.45) is 2.38. The molecule has 0 aliphatic carbocycles. The molecule has 2 rings (SSSR count). The number of esters is 1. The monoisotopic (exact) mass is 281 g/mol. The van der Waals surface area contributed by atoms with Crippen molar-refractivity contribution in [2.24, 2.45) is 0 Å². The molecule has 2 aliphatic rings. The molecule has 2 aliphatic heterocycles. The predicted molar refractivity (Wildman–Crippen MR) is 64.6 cm³/mol. The molecule has 20 heavy (non-hydrogen) atoms. The number of aliphatic hydroxyl groups is 1. The Bertz CT molecular complexity index is 688. The second-order valence-electron chi connectivity index (χ2n) is 3.96. The largest absolute Gasteiger partial charge is 0.480 e. The van der Waals surface area contributed by atoms with E-state index in [0.29, 0.717) is 0 Å². The summed E-state index contributed by atoms with van der Waals surface area (Å²) in [5.74, 6) is -2.07. The highest BCUT2D eigenvalue weighted by Gasteiger charge is 2.26. The number of nitrogens with one attached hydrogen (secondary N) is 1. The molecular formula is C11H11N3O6. The van der Waals surface area contributed by atoms with E-state index in [1.165, 1.54) is 12.4 Å². The van der Waals surface area contributed by atoms with Crippen molar-refractivity contribution in [2.45, 2.75) is 6.04 Å². The lowest BCUT2D eigenvalue weighted by molar-refractivity contribution is -0.142. The Morgan fingerprint density at radius 3 is 2.75 bits per heavy atom. The van der Waals surface area contributed by atoms with Gasteiger partial charge in [0.25, 0.3) is 5.56 Å². The van der Waals surface area contributed by atoms with Gasteiger partial charge in [0.2, 0.25) is 0 Å². The predicted octanol–water partition coefficient (Wildman–Crippen LogP) is -0.919. The van der Waals surface area contributed by atoms with Crippen LogP contribution in [-0.2, 0) is 9.53 Å². The maximum atomic E-state index is 11.7. The molecule has 1 atom stereocenters. The summed E-state index contributed by atoms with van der Waals surface area (Å²) in [5, 5.41) is 24.0. The van der Waals surface area contributed by atoms with Crippen molar-refractivity contribution in [3.05, 3.63) is 28.3 Å². The molecule has 0 amide bonds. The number of carboxylic acids is 1. The number of carbonyl (C=O) groups excluding carboxylic acids is 1. The summed E-state index contributed by atoms with van der Waals surface area (Å²) in [6, 6.07) is -1.32. The standard InChI is InChI=1S/C11H11N3O6/c1-20-11(19)6-3-14(7(4-15)10(17)18)2-5-8(6)12-13-9(5)16/h2-3,7,15H,4H2,1H3,(H,13,16)(H,17,18)/t7-/m1/s1. The maximum absolute atomic E-state index is 11.7. The van der Waals surface area contributed by atoms with Crippen LogP contribution in [0.4, 0.5) is 0 Å². The van der Waals surface area contributed by atoms with Crippen LogP contribution in [0.15, 0.2) is 17.2 Å². The summed E-state index contributed by atoms with van der Waals surface area (Å²) < 4.78 is 5.63. The van der Waals surface area contributed by atoms with Crippen LogP contribution in [0.2, 0.25) is 0 Å². The highest BCUT2D eigenvalue weighted by molar-refractivity contribution is 5.96. The van der Waals surface area contributed by atoms with E-state index in [-0.39, 0.29) is 16.8 Å². The summed E-state index contributed by atoms with van der Waals surface area (Å²) in [4.78, 5) is 34.3. The van der Waals surface area contributed by atoms with Gasteiger partial charge in [0, 0.05) is 12.4 Å². The van der Waals surface area contributed by atoms with Gasteiger partial charge in [-0.25, -0.2) is 14.7 Å². The van der Waals surface area contributed by atoms with Gasteiger partial charge in [-0.3, -0.25) is 4.79 Å². The number of ether oxygens (including phenoxy) is 1. The number of aromatic nitrogens is 3. The molecule has 3 N–H and O–H groups in total. The van der Waals surface area contributed by atoms with E-state index >= 15 is 0 Å². The molecule has 0 radical (unpaired) electrons. The number of methoxy groups -OCH3 is 1. The quantitative estimate of drug-likeness (QED) is 0.617. The third-order valence-corrected chi connectivity index (χ3v) is 2.80. The normalized spacial score (nSPS) is 12.3. The Balaban J connectivity index is 2.70. The van der Waals surface area contributed by atoms with E-state index in [2.05, 4.69) is 14.9 Å². The average molecular weight is 281 g/mol. The molecule has 0 aromatic carbocycles. The molecule has 2 heterocycles. The first-order valence-corrected chi connectivity index (χ1v) is 5.51. The van der Waals surface area contributed by atoms with Gasteiger partial charge in [0.15, 0.2) is 6.04 Å². The summed E-state index contributed by atoms with van der Waals surface area (Å²) >= 11 is 0. The van der Waals surface area contributed by atoms with Crippen molar-refractivity contribution in [3.8, 4) is 11.3 Å². The lowest BCUT2D eigenvalue weighted by Gasteiger charge is -2.16. The molecule has 0 aromatic rings. The zero-order chi connectivity index (χ0) is 14.9. The van der Waals surface area contributed by atoms with Crippen LogP contribution < -0.4 is 5.56 Å². The molecule has 9 nitrogen and oxygen atoms in total. The molecular weight excluding hydrogens is 270 g/mol. The van der Waals surface area contributed by atoms with Gasteiger partial charge >= 0.3 is 11.9 Å². The van der Waals surface area contributed by atoms with E-state index in [1.807, 2.05) is 0 Å². The number of H-pyrrole nitrogens is 1. The fraction of sp³-hybridized carbons (Fsp3) is 0.273. The topological polar surface area (TPSA) is 135 Å². The Labute approximate surface area is 111 Å². The molecule has 0 unspecified atom stereocenters. The Kier molecular flexibility index (Phi) is 3.53. The molecule has 0 bridgehead atoms. The van der Waals surface area contributed by atoms with E-state index in [4.69, 9.17) is 10.2 Å². The summed E-state index contributed by atoms with van der Waals surface area (Å²) in [6.45, 7) is -0.696. The molecule has 0 fully saturated rings. The third kappa shape index (κ3) is 2.14. The minimum absolute atomic E-state index is 0.0348. The zero-order valence-corrected chi connectivity index (χ0v) is 10.4. The molecule has 0 spiro atoms. The zero-order valence-electron chi connectivity index (χ0n) is 10.4. The van der Waals surface area contributed by atoms with Crippen LogP contribution in [-0.4, -0.2) is 50.6 Å². The Morgan fingerprint density at radius 1 is 1.50 bits per heavy atom. The summed E-state index contributed by atoms with van der Waals surface area (Å²) in [5.41, 5.74) is -0.516. The van der Waals surface area contributed by atoms with Crippen molar-refractivity contribution in [1.29, 1.82) is 0 Å². The highest BCUT2D eigenvalue weighted by atomic mass is 16.5. The maximum Gasteiger partial charge on any atom is 0.341 e. The number of aliphatic carboxylic acids is 1. The van der Waals surface area contributed by atoms with Crippen LogP contribution in [0.25, 0.3) is 11.3 Å². The Hall–Kier alpha value is -2.68. The van der Waals surface area contributed by atoms with Crippen molar-refractivity contribution in [1.82, 2.24) is 14.8 Å². The second kappa shape index (κ2) is 5.13. The molecule has 0 aromatic heterocycles. The highest BCUT2D eigenvalue weighted by Crippen LogP contribution is 2.22. The van der Waals surface area contributed by atoms with Crippen LogP contribution in [0, 0.1) is 0 Å². The number of fused-ring (bicyclic) bond motifs is 1. The van der Waals surface area contributed by atoms with Crippen molar-refractivity contribution in [3.63, 3.8) is 0 Å². The molecule has 9 heteroatoms. The van der Waals surface area contributed by atoms with Gasteiger partial charge in [-0.2, -0.15) is 5.10 Å². The van der Waals surface area contributed by atoms with Gasteiger partial charge in [0.05, 0.1) is 19.3 Å². The number of carboxylic acid groups (broad SMARTS) is 1. The SMILES string of the molecule is COC(=O)c1cn([C@H](CO)C(=O)O)cc2c(=O)[nH]nc1-2. The lowest BCUT2D eigenvalue weighted by atomic mass is 10.1. The molecule has 106 valence electrons. The first kappa shape index (κ1) is 13.7. The van der Waals surface area contributed by atoms with Gasteiger partial charge in [-0.05, 0) is 0 Å². The number of nitrogens with zero attached hydrogens (tertiary/aromatic N) is 2. The minimum Gasteiger partial charge on any atom is -0.480 e. The first-order chi connectivity index (χ1) is 9.49. The summed E-state index contributed by atoms with van der Waals surface area (Å²) in [7, 11) is 1.15. The van der Waals surface area contributed by atoms with Gasteiger partial charge in [-0.15, -0.1) is 0 Å². The van der Waals surface area contributed by atoms with E-state index < -0.39 is 30.1 Å². The number of aromatic amines is 1. The number of aliphatic hydroxyl groups excluding tert-OH is 1. The van der Waals surface area contributed by atoms with Crippen molar-refractivity contribution >= 4 is 11.9 Å². The number of carbonyl (C=O) groups is 2. The number of rotatable bonds is 4. The molecule has 0 saturated heterocycles. The second-order valence-corrected chi connectivity index (χ2v) is 3.96. The van der Waals surface area contributed by atoms with E-state index in [0.717, 1.165) is 11.7 Å². The van der Waals surface area contributed by atoms with Crippen LogP contribution in [0.1, 0.15) is 16.4 Å². The van der Waals surface area contributed by atoms with Crippen LogP contribution >= 0.6 is 0 Å². The Morgan fingerprint density at radius 2 is 2.20 bits per heavy atom. The smallest absolute Gasteiger partial charge is 0.341 e. The van der Waals surface area contributed by atoms with Crippen molar-refractivity contribution < 1.29 is 24.5 Å². The van der Waals surface area contributed by atoms with Crippen molar-refractivity contribution in [2.75, 3.05) is 13.7 Å². The number of hydrogen-bond acceptors (Lipinski definition) is 6. The first-order valence-electron chi connectivity index (χ1n) is 5.51. The van der Waals surface area contributed by atoms with E-state index in [9.17, 15) is 14.4 Å². The van der Waals surface area contributed by atoms with Gasteiger partial charge in [0.1, 0.15) is 11.3 Å². The minimum atomic E-state index is -1.32. The fourth-order valence-corrected chi connectivity index (χ4v) is 1.80.